The normalized spacial score (nSPS) is 14.7. The first kappa shape index (κ1) is 12.2. The summed E-state index contributed by atoms with van der Waals surface area (Å²) in [7, 11) is 1.70. The minimum atomic E-state index is 0.398. The Labute approximate surface area is 103 Å². The first-order valence-electron chi connectivity index (χ1n) is 6.37. The van der Waals surface area contributed by atoms with Crippen molar-refractivity contribution in [2.24, 2.45) is 5.92 Å². The molecule has 0 atom stereocenters. The predicted molar refractivity (Wildman–Crippen MR) is 68.4 cm³/mol. The first-order chi connectivity index (χ1) is 8.20. The van der Waals surface area contributed by atoms with Gasteiger partial charge < -0.3 is 4.74 Å². The van der Waals surface area contributed by atoms with E-state index < -0.39 is 0 Å². The van der Waals surface area contributed by atoms with E-state index in [1.165, 1.54) is 11.1 Å². The van der Waals surface area contributed by atoms with E-state index in [4.69, 9.17) is 4.74 Å². The average Bonchev–Trinajstić information content (AvgIpc) is 3.13. The Balaban J connectivity index is 1.88. The Morgan fingerprint density at radius 2 is 2.18 bits per heavy atom. The third kappa shape index (κ3) is 3.32. The largest absolute Gasteiger partial charge is 0.496 e. The Kier molecular flexibility index (Phi) is 3.82. The van der Waals surface area contributed by atoms with Crippen LogP contribution in [-0.4, -0.2) is 12.9 Å². The van der Waals surface area contributed by atoms with Crippen molar-refractivity contribution in [3.8, 4) is 5.75 Å². The molecule has 17 heavy (non-hydrogen) atoms. The molecule has 1 aromatic rings. The number of hydrogen-bond donors (Lipinski definition) is 0. The lowest BCUT2D eigenvalue weighted by atomic mass is 10.0. The average molecular weight is 232 g/mol. The molecule has 0 bridgehead atoms. The van der Waals surface area contributed by atoms with Crippen molar-refractivity contribution < 1.29 is 9.53 Å². The van der Waals surface area contributed by atoms with Gasteiger partial charge in [0.1, 0.15) is 11.5 Å². The van der Waals surface area contributed by atoms with Crippen LogP contribution >= 0.6 is 0 Å². The number of carbonyl (C=O) groups is 1. The van der Waals surface area contributed by atoms with E-state index in [-0.39, 0.29) is 0 Å². The third-order valence-electron chi connectivity index (χ3n) is 3.34. The molecule has 0 aliphatic heterocycles. The van der Waals surface area contributed by atoms with Crippen molar-refractivity contribution in [1.29, 1.82) is 0 Å². The molecule has 2 nitrogen and oxygen atoms in total. The highest BCUT2D eigenvalue weighted by Crippen LogP contribution is 2.31. The van der Waals surface area contributed by atoms with Gasteiger partial charge in [0.05, 0.1) is 7.11 Å². The number of rotatable bonds is 6. The number of methoxy groups -OCH3 is 1. The molecule has 92 valence electrons. The Morgan fingerprint density at radius 3 is 2.82 bits per heavy atom. The molecule has 1 aromatic carbocycles. The molecule has 1 saturated carbocycles. The zero-order valence-electron chi connectivity index (χ0n) is 10.7. The van der Waals surface area contributed by atoms with Crippen LogP contribution in [0.1, 0.15) is 36.8 Å². The van der Waals surface area contributed by atoms with Gasteiger partial charge >= 0.3 is 0 Å². The van der Waals surface area contributed by atoms with E-state index in [0.717, 1.165) is 37.9 Å². The highest BCUT2D eigenvalue weighted by molar-refractivity contribution is 5.83. The number of ketones is 1. The van der Waals surface area contributed by atoms with Gasteiger partial charge in [-0.05, 0) is 44.2 Å². The van der Waals surface area contributed by atoms with Crippen molar-refractivity contribution in [2.75, 3.05) is 7.11 Å². The molecular formula is C15H20O2. The quantitative estimate of drug-likeness (QED) is 0.752. The van der Waals surface area contributed by atoms with Gasteiger partial charge in [0.25, 0.3) is 0 Å². The number of benzene rings is 1. The standard InChI is InChI=1S/C15H20O2/c1-11-6-9-15(17-2)13(10-11)4-3-5-14(16)12-7-8-12/h6,9-10,12H,3-5,7-8H2,1-2H3. The van der Waals surface area contributed by atoms with Crippen molar-refractivity contribution in [3.63, 3.8) is 0 Å². The lowest BCUT2D eigenvalue weighted by molar-refractivity contribution is -0.120. The van der Waals surface area contributed by atoms with Crippen LogP contribution < -0.4 is 4.74 Å². The first-order valence-corrected chi connectivity index (χ1v) is 6.37. The van der Waals surface area contributed by atoms with Gasteiger partial charge in [-0.2, -0.15) is 0 Å². The monoisotopic (exact) mass is 232 g/mol. The van der Waals surface area contributed by atoms with Gasteiger partial charge in [-0.1, -0.05) is 17.7 Å². The molecule has 2 rings (SSSR count). The van der Waals surface area contributed by atoms with Crippen molar-refractivity contribution in [2.45, 2.75) is 39.0 Å². The van der Waals surface area contributed by atoms with Crippen LogP contribution in [0.4, 0.5) is 0 Å². The van der Waals surface area contributed by atoms with Gasteiger partial charge in [0.15, 0.2) is 0 Å². The molecule has 0 heterocycles. The lowest BCUT2D eigenvalue weighted by Crippen LogP contribution is -2.01. The van der Waals surface area contributed by atoms with Crippen LogP contribution in [0.5, 0.6) is 5.75 Å². The Hall–Kier alpha value is -1.31. The Morgan fingerprint density at radius 1 is 1.41 bits per heavy atom. The second-order valence-corrected chi connectivity index (χ2v) is 4.91. The van der Waals surface area contributed by atoms with Crippen molar-refractivity contribution in [1.82, 2.24) is 0 Å². The van der Waals surface area contributed by atoms with E-state index in [9.17, 15) is 4.79 Å². The van der Waals surface area contributed by atoms with Gasteiger partial charge in [0, 0.05) is 12.3 Å². The zero-order valence-corrected chi connectivity index (χ0v) is 10.7. The summed E-state index contributed by atoms with van der Waals surface area (Å²) in [6.45, 7) is 2.08. The zero-order chi connectivity index (χ0) is 12.3. The second-order valence-electron chi connectivity index (χ2n) is 4.91. The highest BCUT2D eigenvalue weighted by atomic mass is 16.5. The summed E-state index contributed by atoms with van der Waals surface area (Å²) in [5, 5.41) is 0. The highest BCUT2D eigenvalue weighted by Gasteiger charge is 2.28. The molecule has 0 aromatic heterocycles. The number of hydrogen-bond acceptors (Lipinski definition) is 2. The molecule has 1 aliphatic rings. The smallest absolute Gasteiger partial charge is 0.135 e. The van der Waals surface area contributed by atoms with E-state index in [1.807, 2.05) is 6.07 Å². The van der Waals surface area contributed by atoms with Crippen LogP contribution in [-0.2, 0) is 11.2 Å². The number of carbonyl (C=O) groups excluding carboxylic acids is 1. The topological polar surface area (TPSA) is 26.3 Å². The summed E-state index contributed by atoms with van der Waals surface area (Å²) >= 11 is 0. The van der Waals surface area contributed by atoms with E-state index in [0.29, 0.717) is 11.7 Å². The lowest BCUT2D eigenvalue weighted by Gasteiger charge is -2.09. The maximum atomic E-state index is 11.6. The number of aryl methyl sites for hydroxylation is 2. The van der Waals surface area contributed by atoms with Crippen molar-refractivity contribution in [3.05, 3.63) is 29.3 Å². The molecular weight excluding hydrogens is 212 g/mol. The van der Waals surface area contributed by atoms with Crippen LogP contribution in [0, 0.1) is 12.8 Å². The van der Waals surface area contributed by atoms with Gasteiger partial charge in [0.2, 0.25) is 0 Å². The van der Waals surface area contributed by atoms with E-state index in [1.54, 1.807) is 7.11 Å². The predicted octanol–water partition coefficient (Wildman–Crippen LogP) is 3.31. The van der Waals surface area contributed by atoms with Crippen LogP contribution in [0.15, 0.2) is 18.2 Å². The SMILES string of the molecule is COc1ccc(C)cc1CCCC(=O)C1CC1. The molecule has 0 saturated heterocycles. The maximum absolute atomic E-state index is 11.6. The minimum absolute atomic E-state index is 0.398. The summed E-state index contributed by atoms with van der Waals surface area (Å²) in [6, 6.07) is 6.21. The summed E-state index contributed by atoms with van der Waals surface area (Å²) in [4.78, 5) is 11.6. The summed E-state index contributed by atoms with van der Waals surface area (Å²) < 4.78 is 5.33. The van der Waals surface area contributed by atoms with Crippen LogP contribution in [0.25, 0.3) is 0 Å². The van der Waals surface area contributed by atoms with Crippen molar-refractivity contribution >= 4 is 5.78 Å². The summed E-state index contributed by atoms with van der Waals surface area (Å²) in [5.74, 6) is 1.79. The van der Waals surface area contributed by atoms with E-state index in [2.05, 4.69) is 19.1 Å². The molecule has 0 spiro atoms. The van der Waals surface area contributed by atoms with Gasteiger partial charge in [-0.25, -0.2) is 0 Å². The minimum Gasteiger partial charge on any atom is -0.496 e. The Bertz CT molecular complexity index is 405. The van der Waals surface area contributed by atoms with E-state index >= 15 is 0 Å². The molecule has 2 heteroatoms. The number of Topliss-reactive ketones (excluding diaryl/α,β-unsaturated/α-hetero) is 1. The fourth-order valence-corrected chi connectivity index (χ4v) is 2.17. The summed E-state index contributed by atoms with van der Waals surface area (Å²) in [6.07, 6.45) is 4.83. The molecule has 1 fully saturated rings. The third-order valence-corrected chi connectivity index (χ3v) is 3.34. The fourth-order valence-electron chi connectivity index (χ4n) is 2.17. The van der Waals surface area contributed by atoms with Gasteiger partial charge in [-0.15, -0.1) is 0 Å². The molecule has 1 aliphatic carbocycles. The molecule has 0 amide bonds. The second kappa shape index (κ2) is 5.35. The summed E-state index contributed by atoms with van der Waals surface area (Å²) in [5.41, 5.74) is 2.46. The molecule has 0 unspecified atom stereocenters. The fraction of sp³-hybridized carbons (Fsp3) is 0.533. The molecule has 0 radical (unpaired) electrons. The molecule has 0 N–H and O–H groups in total. The number of ether oxygens (including phenoxy) is 1. The van der Waals surface area contributed by atoms with Crippen LogP contribution in [0.2, 0.25) is 0 Å². The maximum Gasteiger partial charge on any atom is 0.135 e. The van der Waals surface area contributed by atoms with Crippen LogP contribution in [0.3, 0.4) is 0 Å². The van der Waals surface area contributed by atoms with Gasteiger partial charge in [-0.3, -0.25) is 4.79 Å².